The van der Waals surface area contributed by atoms with E-state index >= 15 is 0 Å². The molecule has 6 heteroatoms. The van der Waals surface area contributed by atoms with E-state index in [-0.39, 0.29) is 17.0 Å². The second-order valence-electron chi connectivity index (χ2n) is 6.64. The highest BCUT2D eigenvalue weighted by Crippen LogP contribution is 2.26. The quantitative estimate of drug-likeness (QED) is 0.623. The summed E-state index contributed by atoms with van der Waals surface area (Å²) in [6.07, 6.45) is 0. The SMILES string of the molecule is Br.CC[N+](C)(CC)CCO.COc1cccc(C(C(=O)[O-])c2ccccc2)c1. The third kappa shape index (κ3) is 8.00. The highest BCUT2D eigenvalue weighted by molar-refractivity contribution is 8.93. The van der Waals surface area contributed by atoms with Crippen molar-refractivity contribution in [3.8, 4) is 5.75 Å². The van der Waals surface area contributed by atoms with Crippen LogP contribution in [-0.4, -0.2) is 56.0 Å². The van der Waals surface area contributed by atoms with Gasteiger partial charge in [0, 0.05) is 5.92 Å². The second kappa shape index (κ2) is 13.3. The minimum absolute atomic E-state index is 0. The Morgan fingerprint density at radius 3 is 2.07 bits per heavy atom. The van der Waals surface area contributed by atoms with Crippen LogP contribution in [0.5, 0.6) is 5.75 Å². The molecule has 0 bridgehead atoms. The fourth-order valence-electron chi connectivity index (χ4n) is 2.71. The van der Waals surface area contributed by atoms with Crippen molar-refractivity contribution < 1.29 is 24.2 Å². The van der Waals surface area contributed by atoms with E-state index in [1.54, 1.807) is 43.5 Å². The highest BCUT2D eigenvalue weighted by atomic mass is 79.9. The van der Waals surface area contributed by atoms with Crippen LogP contribution < -0.4 is 9.84 Å². The van der Waals surface area contributed by atoms with Gasteiger partial charge in [-0.2, -0.15) is 0 Å². The molecule has 0 amide bonds. The molecule has 2 aromatic rings. The molecule has 0 spiro atoms. The number of ether oxygens (including phenoxy) is 1. The zero-order valence-electron chi connectivity index (χ0n) is 17.1. The van der Waals surface area contributed by atoms with Crippen molar-refractivity contribution in [2.45, 2.75) is 19.8 Å². The van der Waals surface area contributed by atoms with Crippen molar-refractivity contribution >= 4 is 23.0 Å². The smallest absolute Gasteiger partial charge is 0.119 e. The normalized spacial score (nSPS) is 11.5. The minimum atomic E-state index is -1.12. The molecule has 0 saturated heterocycles. The summed E-state index contributed by atoms with van der Waals surface area (Å²) in [7, 11) is 3.71. The number of benzene rings is 2. The van der Waals surface area contributed by atoms with Crippen LogP contribution >= 0.6 is 17.0 Å². The predicted octanol–water partition coefficient (Wildman–Crippen LogP) is 2.62. The topological polar surface area (TPSA) is 69.6 Å². The Kier molecular flexibility index (Phi) is 12.4. The number of aliphatic carboxylic acids is 1. The summed E-state index contributed by atoms with van der Waals surface area (Å²) in [5, 5.41) is 20.0. The number of hydrogen-bond acceptors (Lipinski definition) is 4. The Morgan fingerprint density at radius 1 is 1.07 bits per heavy atom. The van der Waals surface area contributed by atoms with Gasteiger partial charge in [-0.1, -0.05) is 42.5 Å². The maximum absolute atomic E-state index is 11.3. The lowest BCUT2D eigenvalue weighted by molar-refractivity contribution is -0.906. The van der Waals surface area contributed by atoms with E-state index < -0.39 is 11.9 Å². The van der Waals surface area contributed by atoms with E-state index in [1.165, 1.54) is 0 Å². The first-order valence-electron chi connectivity index (χ1n) is 9.25. The maximum atomic E-state index is 11.3. The Morgan fingerprint density at radius 2 is 1.64 bits per heavy atom. The standard InChI is InChI=1S/C15H14O3.C7H18NO.BrH/c1-18-13-9-5-8-12(10-13)14(15(16)17)11-6-3-2-4-7-11;1-4-8(3,5-2)6-7-9;/h2-10,14H,1H3,(H,16,17);9H,4-7H2,1-3H3;1H/q;+1;/p-1. The zero-order chi connectivity index (χ0) is 20.3. The van der Waals surface area contributed by atoms with Gasteiger partial charge in [-0.25, -0.2) is 0 Å². The molecule has 0 radical (unpaired) electrons. The molecule has 0 aliphatic carbocycles. The molecule has 1 N–H and O–H groups in total. The molecule has 0 saturated carbocycles. The summed E-state index contributed by atoms with van der Waals surface area (Å²) >= 11 is 0. The van der Waals surface area contributed by atoms with E-state index in [0.29, 0.717) is 23.5 Å². The molecular formula is C22H32BrNO4. The lowest BCUT2D eigenvalue weighted by Gasteiger charge is -2.31. The van der Waals surface area contributed by atoms with Crippen LogP contribution in [0.25, 0.3) is 0 Å². The number of hydrogen-bond donors (Lipinski definition) is 1. The van der Waals surface area contributed by atoms with Gasteiger partial charge in [0.25, 0.3) is 0 Å². The lowest BCUT2D eigenvalue weighted by Crippen LogP contribution is -2.45. The molecule has 1 atom stereocenters. The first-order chi connectivity index (χ1) is 12.9. The van der Waals surface area contributed by atoms with Crippen LogP contribution in [0.4, 0.5) is 0 Å². The van der Waals surface area contributed by atoms with Crippen LogP contribution in [0.3, 0.4) is 0 Å². The maximum Gasteiger partial charge on any atom is 0.119 e. The minimum Gasteiger partial charge on any atom is -0.549 e. The van der Waals surface area contributed by atoms with Gasteiger partial charge in [-0.3, -0.25) is 0 Å². The van der Waals surface area contributed by atoms with E-state index in [0.717, 1.165) is 24.1 Å². The molecule has 2 aromatic carbocycles. The summed E-state index contributed by atoms with van der Waals surface area (Å²) in [5.41, 5.74) is 1.35. The number of nitrogens with zero attached hydrogens (tertiary/aromatic N) is 1. The Balaban J connectivity index is 0.000000627. The summed E-state index contributed by atoms with van der Waals surface area (Å²) in [6, 6.07) is 16.1. The van der Waals surface area contributed by atoms with Gasteiger partial charge in [0.05, 0.1) is 39.8 Å². The van der Waals surface area contributed by atoms with Gasteiger partial charge >= 0.3 is 0 Å². The summed E-state index contributed by atoms with van der Waals surface area (Å²) in [6.45, 7) is 7.71. The first-order valence-corrected chi connectivity index (χ1v) is 9.25. The van der Waals surface area contributed by atoms with Crippen molar-refractivity contribution in [1.82, 2.24) is 0 Å². The van der Waals surface area contributed by atoms with Gasteiger partial charge in [0.1, 0.15) is 12.3 Å². The summed E-state index contributed by atoms with van der Waals surface area (Å²) < 4.78 is 6.09. The van der Waals surface area contributed by atoms with Crippen LogP contribution in [0, 0.1) is 0 Å². The molecule has 2 rings (SSSR count). The number of quaternary nitrogens is 1. The van der Waals surface area contributed by atoms with Gasteiger partial charge in [0.15, 0.2) is 0 Å². The second-order valence-corrected chi connectivity index (χ2v) is 6.64. The molecule has 0 aliphatic rings. The summed E-state index contributed by atoms with van der Waals surface area (Å²) in [4.78, 5) is 11.3. The number of aliphatic hydroxyl groups is 1. The number of carbonyl (C=O) groups excluding carboxylic acids is 1. The molecule has 156 valence electrons. The number of halogens is 1. The van der Waals surface area contributed by atoms with Crippen molar-refractivity contribution in [1.29, 1.82) is 0 Å². The molecule has 1 unspecified atom stereocenters. The molecule has 0 aliphatic heterocycles. The predicted molar refractivity (Wildman–Crippen MR) is 116 cm³/mol. The van der Waals surface area contributed by atoms with Crippen LogP contribution in [-0.2, 0) is 4.79 Å². The third-order valence-corrected chi connectivity index (χ3v) is 4.96. The highest BCUT2D eigenvalue weighted by Gasteiger charge is 2.15. The van der Waals surface area contributed by atoms with Crippen molar-refractivity contribution in [2.24, 2.45) is 0 Å². The average Bonchev–Trinajstić information content (AvgIpc) is 2.69. The van der Waals surface area contributed by atoms with Crippen molar-refractivity contribution in [2.75, 3.05) is 40.4 Å². The van der Waals surface area contributed by atoms with Crippen molar-refractivity contribution in [3.63, 3.8) is 0 Å². The Hall–Kier alpha value is -1.89. The molecule has 28 heavy (non-hydrogen) atoms. The van der Waals surface area contributed by atoms with Gasteiger partial charge < -0.3 is 24.2 Å². The van der Waals surface area contributed by atoms with E-state index in [4.69, 9.17) is 9.84 Å². The van der Waals surface area contributed by atoms with E-state index in [9.17, 15) is 9.90 Å². The molecular weight excluding hydrogens is 422 g/mol. The fraction of sp³-hybridized carbons (Fsp3) is 0.409. The number of carboxylic acid groups (broad SMARTS) is 1. The number of carboxylic acids is 1. The van der Waals surface area contributed by atoms with Gasteiger partial charge in [-0.15, -0.1) is 17.0 Å². The van der Waals surface area contributed by atoms with Gasteiger partial charge in [0.2, 0.25) is 0 Å². The largest absolute Gasteiger partial charge is 0.549 e. The van der Waals surface area contributed by atoms with E-state index in [2.05, 4.69) is 20.9 Å². The lowest BCUT2D eigenvalue weighted by atomic mass is 9.91. The fourth-order valence-corrected chi connectivity index (χ4v) is 2.71. The zero-order valence-corrected chi connectivity index (χ0v) is 18.8. The molecule has 0 heterocycles. The van der Waals surface area contributed by atoms with Gasteiger partial charge in [-0.05, 0) is 37.1 Å². The Labute approximate surface area is 178 Å². The van der Waals surface area contributed by atoms with E-state index in [1.807, 2.05) is 18.2 Å². The Bertz CT molecular complexity index is 690. The number of likely N-dealkylation sites (N-methyl/N-ethyl adjacent to an activating group) is 1. The van der Waals surface area contributed by atoms with Crippen LogP contribution in [0.2, 0.25) is 0 Å². The van der Waals surface area contributed by atoms with Crippen LogP contribution in [0.15, 0.2) is 54.6 Å². The number of methoxy groups -OCH3 is 1. The molecule has 0 aromatic heterocycles. The molecule has 0 fully saturated rings. The number of rotatable bonds is 8. The average molecular weight is 454 g/mol. The first kappa shape index (κ1) is 26.1. The van der Waals surface area contributed by atoms with Crippen molar-refractivity contribution in [3.05, 3.63) is 65.7 Å². The monoisotopic (exact) mass is 453 g/mol. The molecule has 5 nitrogen and oxygen atoms in total. The number of carbonyl (C=O) groups is 1. The summed E-state index contributed by atoms with van der Waals surface area (Å²) in [5.74, 6) is -1.26. The number of aliphatic hydroxyl groups excluding tert-OH is 1. The van der Waals surface area contributed by atoms with Crippen LogP contribution in [0.1, 0.15) is 30.9 Å². The third-order valence-electron chi connectivity index (χ3n) is 4.96.